The maximum atomic E-state index is 12.9. The van der Waals surface area contributed by atoms with Crippen molar-refractivity contribution < 1.29 is 9.53 Å². The highest BCUT2D eigenvalue weighted by molar-refractivity contribution is 5.97. The van der Waals surface area contributed by atoms with Crippen molar-refractivity contribution in [3.63, 3.8) is 0 Å². The number of pyridine rings is 1. The van der Waals surface area contributed by atoms with E-state index in [-0.39, 0.29) is 12.0 Å². The standard InChI is InChI=1S/C19H20N4O2/c1-12-9-14(5-6-20-12)18-11-23(7-8-25-18)19(24)15-3-4-16-17(10-15)22-13(2)21-16/h3-6,9-10,18H,7-8,11H2,1-2H3,(H,21,22)/t18-/m1/s1. The molecule has 0 bridgehead atoms. The smallest absolute Gasteiger partial charge is 0.254 e. The van der Waals surface area contributed by atoms with E-state index in [1.54, 1.807) is 6.20 Å². The molecular weight excluding hydrogens is 316 g/mol. The van der Waals surface area contributed by atoms with Gasteiger partial charge < -0.3 is 14.6 Å². The van der Waals surface area contributed by atoms with Crippen LogP contribution in [-0.4, -0.2) is 45.5 Å². The Morgan fingerprint density at radius 1 is 1.28 bits per heavy atom. The van der Waals surface area contributed by atoms with Crippen molar-refractivity contribution in [2.75, 3.05) is 19.7 Å². The van der Waals surface area contributed by atoms with Crippen LogP contribution in [0.4, 0.5) is 0 Å². The van der Waals surface area contributed by atoms with Crippen molar-refractivity contribution in [2.45, 2.75) is 20.0 Å². The third-order valence-electron chi connectivity index (χ3n) is 4.49. The first kappa shape index (κ1) is 15.8. The molecule has 6 heteroatoms. The van der Waals surface area contributed by atoms with Crippen molar-refractivity contribution in [3.8, 4) is 0 Å². The Labute approximate surface area is 145 Å². The molecule has 1 aliphatic heterocycles. The Morgan fingerprint density at radius 3 is 3.00 bits per heavy atom. The number of aromatic amines is 1. The molecule has 1 aliphatic rings. The third kappa shape index (κ3) is 3.13. The topological polar surface area (TPSA) is 71.1 Å². The Kier molecular flexibility index (Phi) is 3.97. The Morgan fingerprint density at radius 2 is 2.16 bits per heavy atom. The first-order valence-corrected chi connectivity index (χ1v) is 8.40. The van der Waals surface area contributed by atoms with Crippen LogP contribution in [0, 0.1) is 13.8 Å². The lowest BCUT2D eigenvalue weighted by Crippen LogP contribution is -2.42. The molecule has 128 valence electrons. The number of morpholine rings is 1. The first-order valence-electron chi connectivity index (χ1n) is 8.40. The fourth-order valence-electron chi connectivity index (χ4n) is 3.26. The van der Waals surface area contributed by atoms with Gasteiger partial charge in [0.05, 0.1) is 24.2 Å². The van der Waals surface area contributed by atoms with E-state index in [9.17, 15) is 4.79 Å². The van der Waals surface area contributed by atoms with Crippen LogP contribution < -0.4 is 0 Å². The summed E-state index contributed by atoms with van der Waals surface area (Å²) in [4.78, 5) is 26.6. The highest BCUT2D eigenvalue weighted by atomic mass is 16.5. The number of imidazole rings is 1. The molecule has 1 N–H and O–H groups in total. The fourth-order valence-corrected chi connectivity index (χ4v) is 3.26. The highest BCUT2D eigenvalue weighted by Crippen LogP contribution is 2.24. The van der Waals surface area contributed by atoms with Crippen molar-refractivity contribution in [2.24, 2.45) is 0 Å². The summed E-state index contributed by atoms with van der Waals surface area (Å²) < 4.78 is 5.87. The lowest BCUT2D eigenvalue weighted by atomic mass is 10.1. The normalized spacial score (nSPS) is 17.8. The zero-order chi connectivity index (χ0) is 17.4. The minimum Gasteiger partial charge on any atom is -0.370 e. The molecular formula is C19H20N4O2. The number of nitrogens with one attached hydrogen (secondary N) is 1. The molecule has 1 saturated heterocycles. The quantitative estimate of drug-likeness (QED) is 0.781. The maximum Gasteiger partial charge on any atom is 0.254 e. The molecule has 4 rings (SSSR count). The van der Waals surface area contributed by atoms with E-state index in [1.165, 1.54) is 0 Å². The third-order valence-corrected chi connectivity index (χ3v) is 4.49. The number of hydrogen-bond donors (Lipinski definition) is 1. The van der Waals surface area contributed by atoms with Crippen LogP contribution in [0.25, 0.3) is 11.0 Å². The number of aromatic nitrogens is 3. The predicted octanol–water partition coefficient (Wildman–Crippen LogP) is 2.79. The van der Waals surface area contributed by atoms with Gasteiger partial charge in [0.25, 0.3) is 5.91 Å². The molecule has 2 aromatic heterocycles. The Bertz CT molecular complexity index is 934. The summed E-state index contributed by atoms with van der Waals surface area (Å²) in [6.45, 7) is 5.53. The summed E-state index contributed by atoms with van der Waals surface area (Å²) in [5.41, 5.74) is 4.44. The van der Waals surface area contributed by atoms with Crippen molar-refractivity contribution in [1.29, 1.82) is 0 Å². The van der Waals surface area contributed by atoms with E-state index in [4.69, 9.17) is 4.74 Å². The summed E-state index contributed by atoms with van der Waals surface area (Å²) in [5.74, 6) is 0.868. The predicted molar refractivity (Wildman–Crippen MR) is 94.4 cm³/mol. The molecule has 0 radical (unpaired) electrons. The molecule has 1 aromatic carbocycles. The average Bonchev–Trinajstić information content (AvgIpc) is 3.00. The van der Waals surface area contributed by atoms with Gasteiger partial charge in [-0.1, -0.05) is 0 Å². The van der Waals surface area contributed by atoms with E-state index < -0.39 is 0 Å². The zero-order valence-corrected chi connectivity index (χ0v) is 14.3. The molecule has 0 aliphatic carbocycles. The van der Waals surface area contributed by atoms with E-state index in [2.05, 4.69) is 15.0 Å². The van der Waals surface area contributed by atoms with Crippen molar-refractivity contribution >= 4 is 16.9 Å². The van der Waals surface area contributed by atoms with Crippen molar-refractivity contribution in [1.82, 2.24) is 19.9 Å². The number of nitrogens with zero attached hydrogens (tertiary/aromatic N) is 3. The summed E-state index contributed by atoms with van der Waals surface area (Å²) >= 11 is 0. The molecule has 3 heterocycles. The summed E-state index contributed by atoms with van der Waals surface area (Å²) in [6.07, 6.45) is 1.67. The van der Waals surface area contributed by atoms with Gasteiger partial charge in [0.2, 0.25) is 0 Å². The van der Waals surface area contributed by atoms with Gasteiger partial charge in [-0.2, -0.15) is 0 Å². The second-order valence-electron chi connectivity index (χ2n) is 6.40. The molecule has 3 aromatic rings. The molecule has 25 heavy (non-hydrogen) atoms. The molecule has 6 nitrogen and oxygen atoms in total. The van der Waals surface area contributed by atoms with Crippen LogP contribution in [-0.2, 0) is 4.74 Å². The number of carbonyl (C=O) groups is 1. The minimum absolute atomic E-state index is 0.0215. The molecule has 0 saturated carbocycles. The van der Waals surface area contributed by atoms with E-state index in [1.807, 2.05) is 49.1 Å². The number of benzene rings is 1. The van der Waals surface area contributed by atoms with Gasteiger partial charge in [0.15, 0.2) is 0 Å². The van der Waals surface area contributed by atoms with Gasteiger partial charge in [-0.05, 0) is 49.7 Å². The number of carbonyl (C=O) groups excluding carboxylic acids is 1. The highest BCUT2D eigenvalue weighted by Gasteiger charge is 2.26. The Balaban J connectivity index is 1.56. The van der Waals surface area contributed by atoms with E-state index in [0.717, 1.165) is 28.1 Å². The fraction of sp³-hybridized carbons (Fsp3) is 0.316. The first-order chi connectivity index (χ1) is 12.1. The molecule has 0 unspecified atom stereocenters. The van der Waals surface area contributed by atoms with Crippen molar-refractivity contribution in [3.05, 3.63) is 59.2 Å². The zero-order valence-electron chi connectivity index (χ0n) is 14.3. The maximum absolute atomic E-state index is 12.9. The van der Waals surface area contributed by atoms with Crippen LogP contribution in [0.15, 0.2) is 36.5 Å². The monoisotopic (exact) mass is 336 g/mol. The summed E-state index contributed by atoms with van der Waals surface area (Å²) in [7, 11) is 0. The summed E-state index contributed by atoms with van der Waals surface area (Å²) in [6, 6.07) is 9.56. The molecule has 1 fully saturated rings. The van der Waals surface area contributed by atoms with Crippen LogP contribution in [0.3, 0.4) is 0 Å². The van der Waals surface area contributed by atoms with Gasteiger partial charge in [-0.3, -0.25) is 9.78 Å². The van der Waals surface area contributed by atoms with Crippen LogP contribution in [0.5, 0.6) is 0 Å². The van der Waals surface area contributed by atoms with Crippen LogP contribution >= 0.6 is 0 Å². The van der Waals surface area contributed by atoms with Crippen LogP contribution in [0.1, 0.15) is 33.5 Å². The number of hydrogen-bond acceptors (Lipinski definition) is 4. The number of aryl methyl sites for hydroxylation is 2. The van der Waals surface area contributed by atoms with E-state index in [0.29, 0.717) is 25.3 Å². The van der Waals surface area contributed by atoms with Gasteiger partial charge in [-0.15, -0.1) is 0 Å². The molecule has 1 amide bonds. The molecule has 0 spiro atoms. The lowest BCUT2D eigenvalue weighted by molar-refractivity contribution is -0.0228. The number of amides is 1. The number of H-pyrrole nitrogens is 1. The van der Waals surface area contributed by atoms with Gasteiger partial charge in [0, 0.05) is 24.0 Å². The number of fused-ring (bicyclic) bond motifs is 1. The SMILES string of the molecule is Cc1cc([C@H]2CN(C(=O)c3ccc4nc(C)[nH]c4c3)CCO2)ccn1. The van der Waals surface area contributed by atoms with Gasteiger partial charge in [0.1, 0.15) is 11.9 Å². The van der Waals surface area contributed by atoms with E-state index >= 15 is 0 Å². The van der Waals surface area contributed by atoms with Gasteiger partial charge >= 0.3 is 0 Å². The minimum atomic E-state index is -0.113. The number of ether oxygens (including phenoxy) is 1. The van der Waals surface area contributed by atoms with Gasteiger partial charge in [-0.25, -0.2) is 4.98 Å². The summed E-state index contributed by atoms with van der Waals surface area (Å²) in [5, 5.41) is 0. The average molecular weight is 336 g/mol. The molecule has 1 atom stereocenters. The Hall–Kier alpha value is -2.73. The largest absolute Gasteiger partial charge is 0.370 e. The second kappa shape index (κ2) is 6.29. The van der Waals surface area contributed by atoms with Crippen LogP contribution in [0.2, 0.25) is 0 Å². The lowest BCUT2D eigenvalue weighted by Gasteiger charge is -2.33. The number of rotatable bonds is 2. The second-order valence-corrected chi connectivity index (χ2v) is 6.40.